The van der Waals surface area contributed by atoms with Gasteiger partial charge in [0.15, 0.2) is 6.29 Å². The Morgan fingerprint density at radius 1 is 1.59 bits per heavy atom. The van der Waals surface area contributed by atoms with Crippen LogP contribution in [-0.4, -0.2) is 18.9 Å². The zero-order valence-electron chi connectivity index (χ0n) is 9.20. The van der Waals surface area contributed by atoms with Crippen molar-refractivity contribution in [3.8, 4) is 6.07 Å². The fourth-order valence-corrected chi connectivity index (χ4v) is 1.34. The lowest BCUT2D eigenvalue weighted by atomic mass is 10.0. The maximum atomic E-state index is 13.3. The molecule has 0 aliphatic heterocycles. The lowest BCUT2D eigenvalue weighted by Crippen LogP contribution is -2.09. The minimum absolute atomic E-state index is 0.0987. The van der Waals surface area contributed by atoms with Crippen molar-refractivity contribution in [2.24, 2.45) is 0 Å². The van der Waals surface area contributed by atoms with E-state index < -0.39 is 11.8 Å². The van der Waals surface area contributed by atoms with E-state index in [1.807, 2.05) is 6.07 Å². The summed E-state index contributed by atoms with van der Waals surface area (Å²) in [5.41, 5.74) is 0.116. The van der Waals surface area contributed by atoms with Gasteiger partial charge in [-0.3, -0.25) is 9.59 Å². The van der Waals surface area contributed by atoms with E-state index in [0.717, 1.165) is 12.1 Å². The second-order valence-corrected chi connectivity index (χ2v) is 3.24. The monoisotopic (exact) mass is 235 g/mol. The van der Waals surface area contributed by atoms with Gasteiger partial charge < -0.3 is 4.74 Å². The van der Waals surface area contributed by atoms with Crippen molar-refractivity contribution < 1.29 is 18.7 Å². The largest absolute Gasteiger partial charge is 0.466 e. The van der Waals surface area contributed by atoms with E-state index in [9.17, 15) is 14.0 Å². The van der Waals surface area contributed by atoms with E-state index in [1.54, 1.807) is 6.92 Å². The second kappa shape index (κ2) is 5.75. The molecule has 0 atom stereocenters. The number of hydrogen-bond donors (Lipinski definition) is 0. The van der Waals surface area contributed by atoms with Gasteiger partial charge in [-0.05, 0) is 24.6 Å². The average molecular weight is 235 g/mol. The minimum Gasteiger partial charge on any atom is -0.466 e. The molecule has 0 spiro atoms. The van der Waals surface area contributed by atoms with Crippen LogP contribution in [0.5, 0.6) is 0 Å². The van der Waals surface area contributed by atoms with Gasteiger partial charge in [0.25, 0.3) is 0 Å². The van der Waals surface area contributed by atoms with Crippen molar-refractivity contribution in [1.82, 2.24) is 0 Å². The molecule has 0 fully saturated rings. The summed E-state index contributed by atoms with van der Waals surface area (Å²) >= 11 is 0. The number of carbonyl (C=O) groups excluding carboxylic acids is 2. The molecule has 1 aromatic rings. The molecule has 0 aliphatic carbocycles. The molecule has 17 heavy (non-hydrogen) atoms. The first-order chi connectivity index (χ1) is 8.12. The molecule has 0 unspecified atom stereocenters. The summed E-state index contributed by atoms with van der Waals surface area (Å²) in [6, 6.07) is 3.95. The predicted molar refractivity (Wildman–Crippen MR) is 56.8 cm³/mol. The van der Waals surface area contributed by atoms with Crippen LogP contribution >= 0.6 is 0 Å². The Morgan fingerprint density at radius 2 is 2.29 bits per heavy atom. The normalized spacial score (nSPS) is 9.47. The van der Waals surface area contributed by atoms with Crippen LogP contribution < -0.4 is 0 Å². The van der Waals surface area contributed by atoms with E-state index >= 15 is 0 Å². The topological polar surface area (TPSA) is 67.2 Å². The highest BCUT2D eigenvalue weighted by Gasteiger charge is 2.13. The van der Waals surface area contributed by atoms with E-state index in [-0.39, 0.29) is 29.7 Å². The molecule has 0 bridgehead atoms. The van der Waals surface area contributed by atoms with Crippen molar-refractivity contribution in [2.45, 2.75) is 13.3 Å². The van der Waals surface area contributed by atoms with E-state index in [1.165, 1.54) is 0 Å². The number of halogens is 1. The van der Waals surface area contributed by atoms with Crippen LogP contribution in [-0.2, 0) is 16.0 Å². The van der Waals surface area contributed by atoms with E-state index in [0.29, 0.717) is 6.29 Å². The number of rotatable bonds is 4. The predicted octanol–water partition coefficient (Wildman–Crippen LogP) is 1.62. The molecule has 5 heteroatoms. The van der Waals surface area contributed by atoms with Gasteiger partial charge >= 0.3 is 5.97 Å². The number of carbonyl (C=O) groups is 2. The fraction of sp³-hybridized carbons (Fsp3) is 0.250. The fourth-order valence-electron chi connectivity index (χ4n) is 1.34. The SMILES string of the molecule is CCOC(=O)Cc1cc(F)c(C=O)cc1C#N. The molecule has 4 nitrogen and oxygen atoms in total. The van der Waals surface area contributed by atoms with Gasteiger partial charge in [0.1, 0.15) is 5.82 Å². The van der Waals surface area contributed by atoms with E-state index in [4.69, 9.17) is 10.00 Å². The quantitative estimate of drug-likeness (QED) is 0.587. The highest BCUT2D eigenvalue weighted by molar-refractivity contribution is 5.78. The molecule has 88 valence electrons. The Hall–Kier alpha value is -2.22. The smallest absolute Gasteiger partial charge is 0.310 e. The highest BCUT2D eigenvalue weighted by Crippen LogP contribution is 2.15. The van der Waals surface area contributed by atoms with Gasteiger partial charge in [-0.15, -0.1) is 0 Å². The van der Waals surface area contributed by atoms with Gasteiger partial charge in [-0.2, -0.15) is 5.26 Å². The van der Waals surface area contributed by atoms with Crippen LogP contribution in [0, 0.1) is 17.1 Å². The Labute approximate surface area is 97.6 Å². The van der Waals surface area contributed by atoms with Gasteiger partial charge in [0, 0.05) is 0 Å². The Balaban J connectivity index is 3.07. The summed E-state index contributed by atoms with van der Waals surface area (Å²) in [7, 11) is 0. The van der Waals surface area contributed by atoms with Crippen LogP contribution in [0.2, 0.25) is 0 Å². The highest BCUT2D eigenvalue weighted by atomic mass is 19.1. The zero-order valence-corrected chi connectivity index (χ0v) is 9.20. The molecule has 0 aliphatic rings. The third kappa shape index (κ3) is 3.11. The summed E-state index contributed by atoms with van der Waals surface area (Å²) in [5.74, 6) is -1.29. The van der Waals surface area contributed by atoms with Crippen molar-refractivity contribution >= 4 is 12.3 Å². The molecule has 0 radical (unpaired) electrons. The summed E-state index contributed by atoms with van der Waals surface area (Å²) < 4.78 is 18.0. The first-order valence-electron chi connectivity index (χ1n) is 4.95. The molecule has 1 aromatic carbocycles. The first kappa shape index (κ1) is 12.8. The third-order valence-corrected chi connectivity index (χ3v) is 2.11. The number of nitriles is 1. The Bertz CT molecular complexity index is 491. The zero-order chi connectivity index (χ0) is 12.8. The molecule has 0 aromatic heterocycles. The molecular formula is C12H10FNO3. The number of ether oxygens (including phenoxy) is 1. The standard InChI is InChI=1S/C12H10FNO3/c1-2-17-12(16)5-8-4-11(13)10(7-15)3-9(8)6-14/h3-4,7H,2,5H2,1H3. The second-order valence-electron chi connectivity index (χ2n) is 3.24. The van der Waals surface area contributed by atoms with Gasteiger partial charge in [0.05, 0.1) is 30.2 Å². The first-order valence-corrected chi connectivity index (χ1v) is 4.95. The number of hydrogen-bond acceptors (Lipinski definition) is 4. The van der Waals surface area contributed by atoms with Gasteiger partial charge in [-0.25, -0.2) is 4.39 Å². The van der Waals surface area contributed by atoms with Gasteiger partial charge in [0.2, 0.25) is 0 Å². The Morgan fingerprint density at radius 3 is 2.82 bits per heavy atom. The summed E-state index contributed by atoms with van der Waals surface area (Å²) in [6.45, 7) is 1.87. The molecule has 0 saturated carbocycles. The number of benzene rings is 1. The van der Waals surface area contributed by atoms with Crippen LogP contribution in [0.3, 0.4) is 0 Å². The van der Waals surface area contributed by atoms with Gasteiger partial charge in [-0.1, -0.05) is 0 Å². The lowest BCUT2D eigenvalue weighted by molar-refractivity contribution is -0.142. The Kier molecular flexibility index (Phi) is 4.35. The van der Waals surface area contributed by atoms with E-state index in [2.05, 4.69) is 0 Å². The van der Waals surface area contributed by atoms with Crippen molar-refractivity contribution in [2.75, 3.05) is 6.61 Å². The maximum absolute atomic E-state index is 13.3. The molecule has 1 rings (SSSR count). The number of esters is 1. The van der Waals surface area contributed by atoms with Crippen LogP contribution in [0.15, 0.2) is 12.1 Å². The lowest BCUT2D eigenvalue weighted by Gasteiger charge is -2.05. The molecule has 0 saturated heterocycles. The van der Waals surface area contributed by atoms with Crippen molar-refractivity contribution in [1.29, 1.82) is 5.26 Å². The third-order valence-electron chi connectivity index (χ3n) is 2.11. The summed E-state index contributed by atoms with van der Waals surface area (Å²) in [5, 5.41) is 8.83. The summed E-state index contributed by atoms with van der Waals surface area (Å²) in [6.07, 6.45) is 0.136. The van der Waals surface area contributed by atoms with Crippen LogP contribution in [0.25, 0.3) is 0 Å². The average Bonchev–Trinajstić information content (AvgIpc) is 2.29. The number of nitrogens with zero attached hydrogens (tertiary/aromatic N) is 1. The van der Waals surface area contributed by atoms with Crippen molar-refractivity contribution in [3.63, 3.8) is 0 Å². The number of aldehydes is 1. The van der Waals surface area contributed by atoms with Crippen LogP contribution in [0.4, 0.5) is 4.39 Å². The molecule has 0 N–H and O–H groups in total. The summed E-state index contributed by atoms with van der Waals surface area (Å²) in [4.78, 5) is 21.7. The minimum atomic E-state index is -0.752. The maximum Gasteiger partial charge on any atom is 0.310 e. The van der Waals surface area contributed by atoms with Crippen LogP contribution in [0.1, 0.15) is 28.4 Å². The molecular weight excluding hydrogens is 225 g/mol. The molecule has 0 amide bonds. The molecule has 0 heterocycles. The van der Waals surface area contributed by atoms with Crippen molar-refractivity contribution in [3.05, 3.63) is 34.6 Å².